The molecule has 0 heterocycles. The lowest BCUT2D eigenvalue weighted by atomic mass is 9.43. The molecule has 32 heavy (non-hydrogen) atoms. The van der Waals surface area contributed by atoms with Gasteiger partial charge in [-0.05, 0) is 79.0 Å². The summed E-state index contributed by atoms with van der Waals surface area (Å²) in [6.07, 6.45) is 8.08. The molecule has 0 saturated heterocycles. The lowest BCUT2D eigenvalue weighted by Gasteiger charge is -2.65. The number of rotatable bonds is 7. The highest BCUT2D eigenvalue weighted by molar-refractivity contribution is 6.42. The van der Waals surface area contributed by atoms with E-state index in [1.807, 2.05) is 30.3 Å². The molecule has 4 atom stereocenters. The molecule has 2 aromatic carbocycles. The molecule has 4 saturated carbocycles. The molecule has 4 fully saturated rings. The quantitative estimate of drug-likeness (QED) is 0.453. The highest BCUT2D eigenvalue weighted by Crippen LogP contribution is 2.66. The maximum absolute atomic E-state index is 6.28. The Kier molecular flexibility index (Phi) is 5.67. The third-order valence-electron chi connectivity index (χ3n) is 7.93. The molecule has 5 heteroatoms. The van der Waals surface area contributed by atoms with Crippen LogP contribution in [-0.4, -0.2) is 12.6 Å². The van der Waals surface area contributed by atoms with Crippen LogP contribution in [0.2, 0.25) is 10.0 Å². The van der Waals surface area contributed by atoms with Gasteiger partial charge in [-0.15, -0.1) is 0 Å². The molecule has 0 aromatic heterocycles. The summed E-state index contributed by atoms with van der Waals surface area (Å²) < 4.78 is 11.9. The highest BCUT2D eigenvalue weighted by Gasteiger charge is 2.59. The van der Waals surface area contributed by atoms with Crippen LogP contribution in [0.15, 0.2) is 36.4 Å². The molecular weight excluding hydrogens is 441 g/mol. The molecular formula is C27H33Cl2NO2. The van der Waals surface area contributed by atoms with Crippen molar-refractivity contribution in [2.45, 2.75) is 71.1 Å². The predicted molar refractivity (Wildman–Crippen MR) is 131 cm³/mol. The Morgan fingerprint density at radius 2 is 1.72 bits per heavy atom. The highest BCUT2D eigenvalue weighted by atomic mass is 35.5. The van der Waals surface area contributed by atoms with Crippen LogP contribution in [0, 0.1) is 16.7 Å². The van der Waals surface area contributed by atoms with Gasteiger partial charge in [-0.25, -0.2) is 0 Å². The first kappa shape index (κ1) is 22.4. The summed E-state index contributed by atoms with van der Waals surface area (Å²) in [5, 5.41) is 5.12. The summed E-state index contributed by atoms with van der Waals surface area (Å²) in [6, 6.07) is 11.8. The molecule has 2 aromatic rings. The molecule has 4 bridgehead atoms. The molecule has 0 amide bonds. The molecule has 1 N–H and O–H groups in total. The molecule has 6 rings (SSSR count). The van der Waals surface area contributed by atoms with Gasteiger partial charge in [0, 0.05) is 17.6 Å². The van der Waals surface area contributed by atoms with E-state index >= 15 is 0 Å². The first-order valence-corrected chi connectivity index (χ1v) is 12.4. The zero-order valence-electron chi connectivity index (χ0n) is 19.3. The maximum Gasteiger partial charge on any atom is 0.166 e. The lowest BCUT2D eigenvalue weighted by molar-refractivity contribution is -0.118. The third kappa shape index (κ3) is 4.24. The number of nitrogens with one attached hydrogen (secondary N) is 1. The fourth-order valence-corrected chi connectivity index (χ4v) is 8.06. The van der Waals surface area contributed by atoms with Crippen molar-refractivity contribution in [1.29, 1.82) is 0 Å². The Morgan fingerprint density at radius 3 is 2.38 bits per heavy atom. The Bertz CT molecular complexity index is 1000. The van der Waals surface area contributed by atoms with Crippen LogP contribution in [-0.2, 0) is 13.2 Å². The second-order valence-corrected chi connectivity index (χ2v) is 12.1. The number of para-hydroxylation sites is 1. The fourth-order valence-electron chi connectivity index (χ4n) is 7.74. The summed E-state index contributed by atoms with van der Waals surface area (Å²) in [7, 11) is 1.69. The Balaban J connectivity index is 1.35. The smallest absolute Gasteiger partial charge is 0.166 e. The van der Waals surface area contributed by atoms with Crippen LogP contribution in [0.25, 0.3) is 0 Å². The number of halogens is 2. The first-order chi connectivity index (χ1) is 15.2. The van der Waals surface area contributed by atoms with E-state index < -0.39 is 0 Å². The van der Waals surface area contributed by atoms with E-state index in [9.17, 15) is 0 Å². The standard InChI is InChI=1S/C27H33Cl2NO2/c1-25-10-19-11-26(2,15-25)17-27(12-19,16-25)30-13-20-5-4-6-23(31-3)24(20)32-14-18-7-8-21(28)22(29)9-18/h4-9,19,30H,10-17H2,1-3H3/t19?,25-,26+,27?. The van der Waals surface area contributed by atoms with Crippen molar-refractivity contribution in [2.75, 3.05) is 7.11 Å². The van der Waals surface area contributed by atoms with Gasteiger partial charge >= 0.3 is 0 Å². The van der Waals surface area contributed by atoms with Gasteiger partial charge in [0.25, 0.3) is 0 Å². The van der Waals surface area contributed by atoms with Gasteiger partial charge in [0.05, 0.1) is 17.2 Å². The van der Waals surface area contributed by atoms with Crippen LogP contribution in [0.4, 0.5) is 0 Å². The number of methoxy groups -OCH3 is 1. The first-order valence-electron chi connectivity index (χ1n) is 11.7. The van der Waals surface area contributed by atoms with Gasteiger partial charge in [0.1, 0.15) is 6.61 Å². The van der Waals surface area contributed by atoms with Crippen molar-refractivity contribution >= 4 is 23.2 Å². The number of hydrogen-bond acceptors (Lipinski definition) is 3. The molecule has 3 nitrogen and oxygen atoms in total. The van der Waals surface area contributed by atoms with E-state index in [1.165, 1.54) is 38.5 Å². The average Bonchev–Trinajstić information content (AvgIpc) is 2.70. The van der Waals surface area contributed by atoms with E-state index in [-0.39, 0.29) is 5.54 Å². The average molecular weight is 474 g/mol. The van der Waals surface area contributed by atoms with Crippen molar-refractivity contribution in [1.82, 2.24) is 5.32 Å². The monoisotopic (exact) mass is 473 g/mol. The van der Waals surface area contributed by atoms with Gasteiger partial charge < -0.3 is 14.8 Å². The zero-order chi connectivity index (χ0) is 22.6. The van der Waals surface area contributed by atoms with Crippen molar-refractivity contribution in [3.63, 3.8) is 0 Å². The maximum atomic E-state index is 6.28. The minimum Gasteiger partial charge on any atom is -0.493 e. The number of benzene rings is 2. The topological polar surface area (TPSA) is 30.5 Å². The molecule has 2 unspecified atom stereocenters. The van der Waals surface area contributed by atoms with E-state index in [0.29, 0.717) is 27.5 Å². The lowest BCUT2D eigenvalue weighted by Crippen LogP contribution is -2.63. The van der Waals surface area contributed by atoms with Crippen LogP contribution in [0.3, 0.4) is 0 Å². The minimum absolute atomic E-state index is 0.243. The summed E-state index contributed by atoms with van der Waals surface area (Å²) >= 11 is 12.2. The van der Waals surface area contributed by atoms with Crippen molar-refractivity contribution in [2.24, 2.45) is 16.7 Å². The van der Waals surface area contributed by atoms with E-state index in [2.05, 4.69) is 25.2 Å². The van der Waals surface area contributed by atoms with Crippen molar-refractivity contribution in [3.05, 3.63) is 57.6 Å². The Morgan fingerprint density at radius 1 is 0.969 bits per heavy atom. The number of ether oxygens (including phenoxy) is 2. The van der Waals surface area contributed by atoms with Crippen LogP contribution in [0.5, 0.6) is 11.5 Å². The summed E-state index contributed by atoms with van der Waals surface area (Å²) in [5.74, 6) is 2.42. The summed E-state index contributed by atoms with van der Waals surface area (Å²) in [6.45, 7) is 6.23. The largest absolute Gasteiger partial charge is 0.493 e. The molecule has 4 aliphatic rings. The van der Waals surface area contributed by atoms with Gasteiger partial charge in [-0.1, -0.05) is 55.2 Å². The molecule has 0 radical (unpaired) electrons. The van der Waals surface area contributed by atoms with Gasteiger partial charge in [-0.3, -0.25) is 0 Å². The van der Waals surface area contributed by atoms with E-state index in [1.54, 1.807) is 7.11 Å². The normalized spacial score (nSPS) is 32.8. The predicted octanol–water partition coefficient (Wildman–Crippen LogP) is 7.42. The van der Waals surface area contributed by atoms with Crippen molar-refractivity contribution < 1.29 is 9.47 Å². The van der Waals surface area contributed by atoms with Crippen molar-refractivity contribution in [3.8, 4) is 11.5 Å². The number of hydrogen-bond donors (Lipinski definition) is 1. The Labute approximate surface area is 201 Å². The summed E-state index contributed by atoms with van der Waals surface area (Å²) in [5.41, 5.74) is 3.33. The van der Waals surface area contributed by atoms with Crippen LogP contribution >= 0.6 is 23.2 Å². The van der Waals surface area contributed by atoms with Crippen LogP contribution in [0.1, 0.15) is 63.5 Å². The molecule has 0 spiro atoms. The van der Waals surface area contributed by atoms with E-state index in [0.717, 1.165) is 35.1 Å². The van der Waals surface area contributed by atoms with Gasteiger partial charge in [0.2, 0.25) is 0 Å². The molecule has 4 aliphatic carbocycles. The van der Waals surface area contributed by atoms with Crippen LogP contribution < -0.4 is 14.8 Å². The third-order valence-corrected chi connectivity index (χ3v) is 8.67. The van der Waals surface area contributed by atoms with Gasteiger partial charge in [-0.2, -0.15) is 0 Å². The van der Waals surface area contributed by atoms with Gasteiger partial charge in [0.15, 0.2) is 11.5 Å². The second-order valence-electron chi connectivity index (χ2n) is 11.2. The molecule has 172 valence electrons. The minimum atomic E-state index is 0.243. The summed E-state index contributed by atoms with van der Waals surface area (Å²) in [4.78, 5) is 0. The molecule has 0 aliphatic heterocycles. The Hall–Kier alpha value is -1.42. The van der Waals surface area contributed by atoms with E-state index in [4.69, 9.17) is 32.7 Å². The fraction of sp³-hybridized carbons (Fsp3) is 0.556. The zero-order valence-corrected chi connectivity index (χ0v) is 20.8. The second kappa shape index (κ2) is 8.11. The SMILES string of the molecule is COc1cccc(CNC23CC4C[C@@](C)(C2)C[C@](C)(C4)C3)c1OCc1ccc(Cl)c(Cl)c1.